The summed E-state index contributed by atoms with van der Waals surface area (Å²) in [6, 6.07) is 9.67. The third-order valence-corrected chi connectivity index (χ3v) is 3.42. The van der Waals surface area contributed by atoms with Gasteiger partial charge in [-0.15, -0.1) is 0 Å². The van der Waals surface area contributed by atoms with E-state index in [9.17, 15) is 18.0 Å². The fourth-order valence-corrected chi connectivity index (χ4v) is 2.21. The van der Waals surface area contributed by atoms with Crippen molar-refractivity contribution in [1.82, 2.24) is 14.9 Å². The van der Waals surface area contributed by atoms with E-state index in [1.165, 1.54) is 0 Å². The number of rotatable bonds is 3. The van der Waals surface area contributed by atoms with Crippen LogP contribution in [-0.4, -0.2) is 15.5 Å². The fourth-order valence-electron chi connectivity index (χ4n) is 2.21. The average molecular weight is 319 g/mol. The van der Waals surface area contributed by atoms with Crippen LogP contribution in [0.4, 0.5) is 13.2 Å². The molecule has 0 fully saturated rings. The first-order valence-electron chi connectivity index (χ1n) is 6.82. The summed E-state index contributed by atoms with van der Waals surface area (Å²) in [6.07, 6.45) is -0.981. The van der Waals surface area contributed by atoms with Gasteiger partial charge in [-0.3, -0.25) is 4.79 Å². The van der Waals surface area contributed by atoms with Crippen molar-refractivity contribution >= 4 is 11.4 Å². The molecule has 0 radical (unpaired) electrons. The highest BCUT2D eigenvalue weighted by Crippen LogP contribution is 2.29. The Hall–Kier alpha value is -2.83. The smallest absolute Gasteiger partial charge is 0.348 e. The van der Waals surface area contributed by atoms with Crippen LogP contribution in [0.1, 0.15) is 21.5 Å². The average Bonchev–Trinajstić information content (AvgIpc) is 2.95. The lowest BCUT2D eigenvalue weighted by molar-refractivity contribution is -0.137. The molecule has 0 unspecified atom stereocenters. The molecule has 1 aromatic carbocycles. The molecule has 7 heteroatoms. The second kappa shape index (κ2) is 5.75. The molecule has 0 aliphatic rings. The normalized spacial score (nSPS) is 11.6. The zero-order chi connectivity index (χ0) is 16.4. The maximum atomic E-state index is 12.5. The van der Waals surface area contributed by atoms with Crippen LogP contribution in [0.15, 0.2) is 54.9 Å². The minimum absolute atomic E-state index is 0.175. The molecule has 1 N–H and O–H groups in total. The van der Waals surface area contributed by atoms with E-state index in [1.54, 1.807) is 16.9 Å². The van der Waals surface area contributed by atoms with Crippen molar-refractivity contribution in [2.45, 2.75) is 12.7 Å². The number of halogens is 3. The molecule has 0 aliphatic carbocycles. The molecule has 3 aromatic rings. The van der Waals surface area contributed by atoms with Gasteiger partial charge in [0.15, 0.2) is 0 Å². The molecule has 0 aliphatic heterocycles. The van der Waals surface area contributed by atoms with Crippen LogP contribution in [0.2, 0.25) is 0 Å². The number of hydrogen-bond acceptors (Lipinski definition) is 2. The monoisotopic (exact) mass is 319 g/mol. The Labute approximate surface area is 129 Å². The Morgan fingerprint density at radius 2 is 1.87 bits per heavy atom. The van der Waals surface area contributed by atoms with Gasteiger partial charge in [-0.25, -0.2) is 4.52 Å². The number of carbonyl (C=O) groups excluding carboxylic acids is 1. The summed E-state index contributed by atoms with van der Waals surface area (Å²) < 4.78 is 39.2. The Morgan fingerprint density at radius 3 is 2.57 bits per heavy atom. The van der Waals surface area contributed by atoms with Gasteiger partial charge in [0.1, 0.15) is 0 Å². The van der Waals surface area contributed by atoms with Crippen LogP contribution in [0.3, 0.4) is 0 Å². The van der Waals surface area contributed by atoms with Gasteiger partial charge in [0.05, 0.1) is 17.3 Å². The summed E-state index contributed by atoms with van der Waals surface area (Å²) in [6.45, 7) is 0.243. The number of fused-ring (bicyclic) bond motifs is 1. The third-order valence-electron chi connectivity index (χ3n) is 3.42. The Balaban J connectivity index is 1.70. The SMILES string of the molecule is O=C(NCc1cnn2ccccc12)c1ccc(C(F)(F)F)cc1. The van der Waals surface area contributed by atoms with E-state index >= 15 is 0 Å². The Morgan fingerprint density at radius 1 is 1.13 bits per heavy atom. The quantitative estimate of drug-likeness (QED) is 0.805. The van der Waals surface area contributed by atoms with Crippen molar-refractivity contribution in [2.24, 2.45) is 0 Å². The standard InChI is InChI=1S/C16H12F3N3O/c17-16(18,19)13-6-4-11(5-7-13)15(23)20-9-12-10-21-22-8-2-1-3-14(12)22/h1-8,10H,9H2,(H,20,23). The van der Waals surface area contributed by atoms with Gasteiger partial charge in [0, 0.05) is 23.9 Å². The van der Waals surface area contributed by atoms with Crippen LogP contribution in [0.25, 0.3) is 5.52 Å². The molecule has 1 amide bonds. The van der Waals surface area contributed by atoms with Crippen molar-refractivity contribution in [3.05, 3.63) is 71.5 Å². The molecule has 2 heterocycles. The molecule has 2 aromatic heterocycles. The van der Waals surface area contributed by atoms with Crippen molar-refractivity contribution in [3.63, 3.8) is 0 Å². The molecule has 4 nitrogen and oxygen atoms in total. The first-order valence-corrected chi connectivity index (χ1v) is 6.82. The number of pyridine rings is 1. The highest BCUT2D eigenvalue weighted by atomic mass is 19.4. The highest BCUT2D eigenvalue weighted by molar-refractivity contribution is 5.94. The second-order valence-corrected chi connectivity index (χ2v) is 4.96. The molecule has 0 saturated carbocycles. The molecule has 0 atom stereocenters. The van der Waals surface area contributed by atoms with Gasteiger partial charge in [-0.05, 0) is 36.4 Å². The maximum absolute atomic E-state index is 12.5. The molecular weight excluding hydrogens is 307 g/mol. The molecule has 0 spiro atoms. The second-order valence-electron chi connectivity index (χ2n) is 4.96. The minimum Gasteiger partial charge on any atom is -0.348 e. The van der Waals surface area contributed by atoms with E-state index < -0.39 is 17.6 Å². The van der Waals surface area contributed by atoms with Crippen LogP contribution in [0, 0.1) is 0 Å². The lowest BCUT2D eigenvalue weighted by atomic mass is 10.1. The van der Waals surface area contributed by atoms with E-state index in [0.29, 0.717) is 0 Å². The van der Waals surface area contributed by atoms with Gasteiger partial charge < -0.3 is 5.32 Å². The summed E-state index contributed by atoms with van der Waals surface area (Å²) in [7, 11) is 0. The molecule has 118 valence electrons. The Bertz CT molecular complexity index is 838. The summed E-state index contributed by atoms with van der Waals surface area (Å²) >= 11 is 0. The number of alkyl halides is 3. The summed E-state index contributed by atoms with van der Waals surface area (Å²) in [5, 5.41) is 6.83. The minimum atomic E-state index is -4.41. The topological polar surface area (TPSA) is 46.4 Å². The van der Waals surface area contributed by atoms with Crippen LogP contribution in [-0.2, 0) is 12.7 Å². The van der Waals surface area contributed by atoms with Gasteiger partial charge in [0.25, 0.3) is 5.91 Å². The number of amides is 1. The lowest BCUT2D eigenvalue weighted by Crippen LogP contribution is -2.22. The maximum Gasteiger partial charge on any atom is 0.416 e. The Kier molecular flexibility index (Phi) is 3.77. The van der Waals surface area contributed by atoms with E-state index in [4.69, 9.17) is 0 Å². The third kappa shape index (κ3) is 3.18. The van der Waals surface area contributed by atoms with E-state index in [-0.39, 0.29) is 12.1 Å². The van der Waals surface area contributed by atoms with Gasteiger partial charge in [-0.2, -0.15) is 18.3 Å². The zero-order valence-electron chi connectivity index (χ0n) is 11.8. The summed E-state index contributed by atoms with van der Waals surface area (Å²) in [5.74, 6) is -0.436. The fraction of sp³-hybridized carbons (Fsp3) is 0.125. The highest BCUT2D eigenvalue weighted by Gasteiger charge is 2.30. The lowest BCUT2D eigenvalue weighted by Gasteiger charge is -2.08. The van der Waals surface area contributed by atoms with Crippen LogP contribution < -0.4 is 5.32 Å². The van der Waals surface area contributed by atoms with Crippen molar-refractivity contribution in [3.8, 4) is 0 Å². The predicted octanol–water partition coefficient (Wildman–Crippen LogP) is 3.28. The summed E-state index contributed by atoms with van der Waals surface area (Å²) in [4.78, 5) is 12.0. The van der Waals surface area contributed by atoms with Crippen molar-refractivity contribution < 1.29 is 18.0 Å². The van der Waals surface area contributed by atoms with Crippen molar-refractivity contribution in [2.75, 3.05) is 0 Å². The van der Waals surface area contributed by atoms with E-state index in [0.717, 1.165) is 35.3 Å². The predicted molar refractivity (Wildman–Crippen MR) is 77.8 cm³/mol. The number of aromatic nitrogens is 2. The zero-order valence-corrected chi connectivity index (χ0v) is 11.8. The van der Waals surface area contributed by atoms with Gasteiger partial charge >= 0.3 is 6.18 Å². The number of benzene rings is 1. The first kappa shape index (κ1) is 15.1. The van der Waals surface area contributed by atoms with Crippen molar-refractivity contribution in [1.29, 1.82) is 0 Å². The number of nitrogens with one attached hydrogen (secondary N) is 1. The molecule has 0 saturated heterocycles. The van der Waals surface area contributed by atoms with E-state index in [1.807, 2.05) is 18.2 Å². The van der Waals surface area contributed by atoms with Crippen LogP contribution >= 0.6 is 0 Å². The molecular formula is C16H12F3N3O. The van der Waals surface area contributed by atoms with E-state index in [2.05, 4.69) is 10.4 Å². The number of nitrogens with zero attached hydrogens (tertiary/aromatic N) is 2. The van der Waals surface area contributed by atoms with Gasteiger partial charge in [0.2, 0.25) is 0 Å². The first-order chi connectivity index (χ1) is 10.9. The number of hydrogen-bond donors (Lipinski definition) is 1. The number of carbonyl (C=O) groups is 1. The van der Waals surface area contributed by atoms with Crippen LogP contribution in [0.5, 0.6) is 0 Å². The molecule has 0 bridgehead atoms. The van der Waals surface area contributed by atoms with Gasteiger partial charge in [-0.1, -0.05) is 6.07 Å². The largest absolute Gasteiger partial charge is 0.416 e. The summed E-state index contributed by atoms with van der Waals surface area (Å²) in [5.41, 5.74) is 1.08. The molecule has 3 rings (SSSR count). The molecule has 23 heavy (non-hydrogen) atoms.